The minimum absolute atomic E-state index is 0. The third kappa shape index (κ3) is 4.11. The van der Waals surface area contributed by atoms with Crippen LogP contribution in [-0.2, 0) is 0 Å². The van der Waals surface area contributed by atoms with Gasteiger partial charge in [0.1, 0.15) is 0 Å². The lowest BCUT2D eigenvalue weighted by Crippen LogP contribution is -2.41. The molecular weight excluding hydrogens is 266 g/mol. The van der Waals surface area contributed by atoms with Gasteiger partial charge in [-0.15, -0.1) is 24.8 Å². The van der Waals surface area contributed by atoms with E-state index in [1.807, 2.05) is 24.3 Å². The SMILES string of the molecule is Cl.Cl.N[C@H](CN1CCC1)c1ccc(Cl)cc1. The summed E-state index contributed by atoms with van der Waals surface area (Å²) < 4.78 is 0. The molecule has 1 aliphatic heterocycles. The molecule has 1 fully saturated rings. The van der Waals surface area contributed by atoms with Crippen molar-refractivity contribution in [3.8, 4) is 0 Å². The fourth-order valence-corrected chi connectivity index (χ4v) is 1.78. The van der Waals surface area contributed by atoms with Gasteiger partial charge >= 0.3 is 0 Å². The van der Waals surface area contributed by atoms with E-state index in [-0.39, 0.29) is 30.9 Å². The van der Waals surface area contributed by atoms with E-state index in [9.17, 15) is 0 Å². The van der Waals surface area contributed by atoms with Crippen LogP contribution in [0.2, 0.25) is 5.02 Å². The molecule has 0 aromatic heterocycles. The number of benzene rings is 1. The largest absolute Gasteiger partial charge is 0.323 e. The zero-order chi connectivity index (χ0) is 9.97. The second kappa shape index (κ2) is 7.36. The summed E-state index contributed by atoms with van der Waals surface area (Å²) in [5, 5.41) is 0.768. The van der Waals surface area contributed by atoms with Crippen LogP contribution >= 0.6 is 36.4 Å². The van der Waals surface area contributed by atoms with E-state index < -0.39 is 0 Å². The zero-order valence-electron chi connectivity index (χ0n) is 8.93. The molecule has 1 aromatic carbocycles. The second-order valence-electron chi connectivity index (χ2n) is 3.81. The molecule has 1 saturated heterocycles. The highest BCUT2D eigenvalue weighted by Crippen LogP contribution is 2.17. The molecule has 0 aliphatic carbocycles. The predicted octanol–water partition coefficient (Wildman–Crippen LogP) is 2.89. The molecule has 0 radical (unpaired) electrons. The quantitative estimate of drug-likeness (QED) is 0.924. The van der Waals surface area contributed by atoms with Gasteiger partial charge in [0, 0.05) is 17.6 Å². The van der Waals surface area contributed by atoms with Gasteiger partial charge in [-0.3, -0.25) is 0 Å². The molecule has 92 valence electrons. The highest BCUT2D eigenvalue weighted by molar-refractivity contribution is 6.30. The summed E-state index contributed by atoms with van der Waals surface area (Å²) in [6, 6.07) is 7.92. The Hall–Kier alpha value is 0.01000. The van der Waals surface area contributed by atoms with Gasteiger partial charge < -0.3 is 10.6 Å². The molecule has 0 amide bonds. The van der Waals surface area contributed by atoms with E-state index in [4.69, 9.17) is 17.3 Å². The Morgan fingerprint density at radius 1 is 1.19 bits per heavy atom. The fraction of sp³-hybridized carbons (Fsp3) is 0.455. The van der Waals surface area contributed by atoms with Gasteiger partial charge in [-0.25, -0.2) is 0 Å². The molecule has 2 rings (SSSR count). The van der Waals surface area contributed by atoms with Crippen molar-refractivity contribution in [2.45, 2.75) is 12.5 Å². The van der Waals surface area contributed by atoms with E-state index in [0.717, 1.165) is 11.6 Å². The van der Waals surface area contributed by atoms with Crippen molar-refractivity contribution >= 4 is 36.4 Å². The molecule has 0 spiro atoms. The first kappa shape index (κ1) is 16.0. The minimum Gasteiger partial charge on any atom is -0.323 e. The summed E-state index contributed by atoms with van der Waals surface area (Å²) in [6.45, 7) is 3.35. The molecule has 1 heterocycles. The Balaban J connectivity index is 0.00000112. The van der Waals surface area contributed by atoms with Crippen molar-refractivity contribution in [3.05, 3.63) is 34.9 Å². The minimum atomic E-state index is 0. The van der Waals surface area contributed by atoms with Gasteiger partial charge in [0.05, 0.1) is 0 Å². The van der Waals surface area contributed by atoms with Crippen LogP contribution < -0.4 is 5.73 Å². The van der Waals surface area contributed by atoms with Crippen LogP contribution in [0.4, 0.5) is 0 Å². The summed E-state index contributed by atoms with van der Waals surface area (Å²) in [5.74, 6) is 0. The van der Waals surface area contributed by atoms with E-state index in [0.29, 0.717) is 0 Å². The lowest BCUT2D eigenvalue weighted by Gasteiger charge is -2.33. The van der Waals surface area contributed by atoms with E-state index in [2.05, 4.69) is 4.90 Å². The average Bonchev–Trinajstić information content (AvgIpc) is 2.12. The number of halogens is 3. The van der Waals surface area contributed by atoms with Crippen molar-refractivity contribution in [1.29, 1.82) is 0 Å². The van der Waals surface area contributed by atoms with Crippen molar-refractivity contribution in [2.24, 2.45) is 5.73 Å². The first-order chi connectivity index (χ1) is 6.75. The lowest BCUT2D eigenvalue weighted by molar-refractivity contribution is 0.170. The van der Waals surface area contributed by atoms with Crippen LogP contribution in [0.25, 0.3) is 0 Å². The Morgan fingerprint density at radius 2 is 1.75 bits per heavy atom. The molecule has 0 unspecified atom stereocenters. The first-order valence-corrected chi connectivity index (χ1v) is 5.37. The molecule has 2 N–H and O–H groups in total. The standard InChI is InChI=1S/C11H15ClN2.2ClH/c12-10-4-2-9(3-5-10)11(13)8-14-6-1-7-14;;/h2-5,11H,1,6-8,13H2;2*1H/t11-;;/m1../s1. The van der Waals surface area contributed by atoms with Gasteiger partial charge in [-0.1, -0.05) is 23.7 Å². The molecular formula is C11H17Cl3N2. The molecule has 1 aliphatic rings. The smallest absolute Gasteiger partial charge is 0.0424 e. The van der Waals surface area contributed by atoms with Crippen molar-refractivity contribution < 1.29 is 0 Å². The Morgan fingerprint density at radius 3 is 2.19 bits per heavy atom. The van der Waals surface area contributed by atoms with Crippen molar-refractivity contribution in [3.63, 3.8) is 0 Å². The number of nitrogens with zero attached hydrogens (tertiary/aromatic N) is 1. The van der Waals surface area contributed by atoms with Gasteiger partial charge in [-0.05, 0) is 37.2 Å². The normalized spacial score (nSPS) is 16.6. The summed E-state index contributed by atoms with van der Waals surface area (Å²) in [7, 11) is 0. The van der Waals surface area contributed by atoms with Crippen LogP contribution in [0, 0.1) is 0 Å². The van der Waals surface area contributed by atoms with Crippen molar-refractivity contribution in [1.82, 2.24) is 4.90 Å². The maximum absolute atomic E-state index is 6.07. The number of hydrogen-bond acceptors (Lipinski definition) is 2. The van der Waals surface area contributed by atoms with Crippen LogP contribution in [0.3, 0.4) is 0 Å². The maximum Gasteiger partial charge on any atom is 0.0424 e. The van der Waals surface area contributed by atoms with Crippen LogP contribution in [0.5, 0.6) is 0 Å². The van der Waals surface area contributed by atoms with Crippen LogP contribution in [0.1, 0.15) is 18.0 Å². The molecule has 1 aromatic rings. The molecule has 1 atom stereocenters. The molecule has 16 heavy (non-hydrogen) atoms. The van der Waals surface area contributed by atoms with Crippen LogP contribution in [0.15, 0.2) is 24.3 Å². The molecule has 5 heteroatoms. The Kier molecular flexibility index (Phi) is 7.36. The van der Waals surface area contributed by atoms with Gasteiger partial charge in [0.2, 0.25) is 0 Å². The second-order valence-corrected chi connectivity index (χ2v) is 4.25. The van der Waals surface area contributed by atoms with Crippen molar-refractivity contribution in [2.75, 3.05) is 19.6 Å². The number of likely N-dealkylation sites (tertiary alicyclic amines) is 1. The Bertz CT molecular complexity index is 299. The average molecular weight is 284 g/mol. The zero-order valence-corrected chi connectivity index (χ0v) is 11.3. The number of nitrogens with two attached hydrogens (primary N) is 1. The monoisotopic (exact) mass is 282 g/mol. The number of hydrogen-bond donors (Lipinski definition) is 1. The molecule has 0 saturated carbocycles. The van der Waals surface area contributed by atoms with Crippen LogP contribution in [-0.4, -0.2) is 24.5 Å². The summed E-state index contributed by atoms with van der Waals surface area (Å²) in [6.07, 6.45) is 1.31. The van der Waals surface area contributed by atoms with Gasteiger partial charge in [0.25, 0.3) is 0 Å². The van der Waals surface area contributed by atoms with E-state index in [1.54, 1.807) is 0 Å². The summed E-state index contributed by atoms with van der Waals surface area (Å²) in [4.78, 5) is 2.37. The Labute approximate surface area is 114 Å². The van der Waals surface area contributed by atoms with Gasteiger partial charge in [-0.2, -0.15) is 0 Å². The van der Waals surface area contributed by atoms with E-state index in [1.165, 1.54) is 25.1 Å². The highest BCUT2D eigenvalue weighted by atomic mass is 35.5. The molecule has 2 nitrogen and oxygen atoms in total. The molecule has 0 bridgehead atoms. The fourth-order valence-electron chi connectivity index (χ4n) is 1.66. The van der Waals surface area contributed by atoms with Gasteiger partial charge in [0.15, 0.2) is 0 Å². The topological polar surface area (TPSA) is 29.3 Å². The lowest BCUT2D eigenvalue weighted by atomic mass is 10.1. The number of rotatable bonds is 3. The predicted molar refractivity (Wildman–Crippen MR) is 73.9 cm³/mol. The summed E-state index contributed by atoms with van der Waals surface area (Å²) in [5.41, 5.74) is 7.24. The maximum atomic E-state index is 6.07. The highest BCUT2D eigenvalue weighted by Gasteiger charge is 2.17. The van der Waals surface area contributed by atoms with E-state index >= 15 is 0 Å². The third-order valence-electron chi connectivity index (χ3n) is 2.70. The third-order valence-corrected chi connectivity index (χ3v) is 2.95. The first-order valence-electron chi connectivity index (χ1n) is 4.99. The summed E-state index contributed by atoms with van der Waals surface area (Å²) >= 11 is 5.81.